The van der Waals surface area contributed by atoms with E-state index in [0.29, 0.717) is 11.5 Å². The van der Waals surface area contributed by atoms with Gasteiger partial charge in [0.2, 0.25) is 0 Å². The summed E-state index contributed by atoms with van der Waals surface area (Å²) in [7, 11) is 3.24. The van der Waals surface area contributed by atoms with E-state index in [1.54, 1.807) is 14.2 Å². The lowest BCUT2D eigenvalue weighted by molar-refractivity contribution is -0.694. The lowest BCUT2D eigenvalue weighted by atomic mass is 9.86. The molecule has 2 rings (SSSR count). The fraction of sp³-hybridized carbons (Fsp3) is 0.700. The van der Waals surface area contributed by atoms with Crippen LogP contribution in [0.15, 0.2) is 18.2 Å². The molecule has 1 aliphatic rings. The van der Waals surface area contributed by atoms with Crippen LogP contribution in [0.4, 0.5) is 0 Å². The quantitative estimate of drug-likeness (QED) is 0.603. The minimum atomic E-state index is -0.500. The van der Waals surface area contributed by atoms with Crippen molar-refractivity contribution >= 4 is 0 Å². The largest absolute Gasteiger partial charge is 1.00 e. The monoisotopic (exact) mass is 371 g/mol. The first-order chi connectivity index (χ1) is 11.7. The van der Waals surface area contributed by atoms with Gasteiger partial charge in [0.25, 0.3) is 0 Å². The van der Waals surface area contributed by atoms with Gasteiger partial charge in [0, 0.05) is 0 Å². The molecular formula is C20H34ClNO3. The number of benzene rings is 1. The van der Waals surface area contributed by atoms with Gasteiger partial charge < -0.3 is 32.3 Å². The van der Waals surface area contributed by atoms with Gasteiger partial charge in [0.05, 0.1) is 20.8 Å². The first kappa shape index (κ1) is 22.1. The minimum Gasteiger partial charge on any atom is -1.00 e. The molecule has 0 bridgehead atoms. The molecule has 0 aromatic heterocycles. The van der Waals surface area contributed by atoms with Crippen LogP contribution in [0, 0.1) is 5.92 Å². The molecule has 0 spiro atoms. The maximum atomic E-state index is 10.6. The van der Waals surface area contributed by atoms with Crippen molar-refractivity contribution in [2.24, 2.45) is 5.92 Å². The average molecular weight is 372 g/mol. The number of halogens is 1. The standard InChI is InChI=1S/C20H33NO3.ClH/c1-15(21-13-7-10-16-8-5-4-6-9-16)20(22)17-11-12-18(23-2)19(14-17)24-3;/h11-12,14-16,20-22H,4-10,13H2,1-3H3;1H. The van der Waals surface area contributed by atoms with E-state index < -0.39 is 6.10 Å². The van der Waals surface area contributed by atoms with Crippen LogP contribution in [0.2, 0.25) is 0 Å². The van der Waals surface area contributed by atoms with E-state index >= 15 is 0 Å². The number of nitrogens with two attached hydrogens (primary N) is 1. The first-order valence-corrected chi connectivity index (χ1v) is 9.39. The molecule has 144 valence electrons. The van der Waals surface area contributed by atoms with Crippen molar-refractivity contribution in [1.82, 2.24) is 0 Å². The number of hydrogen-bond donors (Lipinski definition) is 2. The number of methoxy groups -OCH3 is 2. The first-order valence-electron chi connectivity index (χ1n) is 9.39. The second kappa shape index (κ2) is 11.6. The van der Waals surface area contributed by atoms with Crippen LogP contribution in [0.1, 0.15) is 63.5 Å². The normalized spacial score (nSPS) is 17.4. The second-order valence-electron chi connectivity index (χ2n) is 7.09. The predicted molar refractivity (Wildman–Crippen MR) is 96.6 cm³/mol. The molecule has 0 heterocycles. The van der Waals surface area contributed by atoms with E-state index in [4.69, 9.17) is 9.47 Å². The fourth-order valence-corrected chi connectivity index (χ4v) is 3.73. The van der Waals surface area contributed by atoms with Crippen LogP contribution >= 0.6 is 0 Å². The summed E-state index contributed by atoms with van der Waals surface area (Å²) in [5.41, 5.74) is 0.878. The number of rotatable bonds is 9. The number of hydrogen-bond acceptors (Lipinski definition) is 3. The van der Waals surface area contributed by atoms with Crippen molar-refractivity contribution in [1.29, 1.82) is 0 Å². The third kappa shape index (κ3) is 6.69. The lowest BCUT2D eigenvalue weighted by Crippen LogP contribution is -3.00. The van der Waals surface area contributed by atoms with Crippen LogP contribution in [0.3, 0.4) is 0 Å². The Kier molecular flexibility index (Phi) is 10.2. The maximum absolute atomic E-state index is 10.6. The van der Waals surface area contributed by atoms with Crippen molar-refractivity contribution in [3.63, 3.8) is 0 Å². The Morgan fingerprint density at radius 3 is 2.44 bits per heavy atom. The number of quaternary nitrogens is 1. The van der Waals surface area contributed by atoms with Crippen molar-refractivity contribution < 1.29 is 32.3 Å². The molecular weight excluding hydrogens is 338 g/mol. The molecule has 1 aromatic rings. The summed E-state index contributed by atoms with van der Waals surface area (Å²) in [4.78, 5) is 0. The van der Waals surface area contributed by atoms with Gasteiger partial charge in [0.1, 0.15) is 12.1 Å². The van der Waals surface area contributed by atoms with E-state index in [9.17, 15) is 5.11 Å². The molecule has 4 nitrogen and oxygen atoms in total. The lowest BCUT2D eigenvalue weighted by Gasteiger charge is -2.22. The third-order valence-corrected chi connectivity index (χ3v) is 5.33. The molecule has 2 unspecified atom stereocenters. The fourth-order valence-electron chi connectivity index (χ4n) is 3.73. The van der Waals surface area contributed by atoms with E-state index in [1.165, 1.54) is 44.9 Å². The van der Waals surface area contributed by atoms with E-state index in [1.807, 2.05) is 18.2 Å². The Morgan fingerprint density at radius 1 is 1.12 bits per heavy atom. The van der Waals surface area contributed by atoms with Crippen LogP contribution in [0.25, 0.3) is 0 Å². The van der Waals surface area contributed by atoms with Crippen LogP contribution in [-0.4, -0.2) is 31.9 Å². The summed E-state index contributed by atoms with van der Waals surface area (Å²) >= 11 is 0. The highest BCUT2D eigenvalue weighted by molar-refractivity contribution is 5.43. The summed E-state index contributed by atoms with van der Waals surface area (Å²) in [6, 6.07) is 5.77. The van der Waals surface area contributed by atoms with Gasteiger partial charge in [-0.2, -0.15) is 0 Å². The molecule has 0 amide bonds. The second-order valence-corrected chi connectivity index (χ2v) is 7.09. The summed E-state index contributed by atoms with van der Waals surface area (Å²) < 4.78 is 10.6. The van der Waals surface area contributed by atoms with Crippen molar-refractivity contribution in [2.75, 3.05) is 20.8 Å². The SMILES string of the molecule is COc1ccc(C(O)C(C)[NH2+]CCCC2CCCCC2)cc1OC.[Cl-]. The van der Waals surface area contributed by atoms with Gasteiger partial charge in [-0.1, -0.05) is 38.2 Å². The van der Waals surface area contributed by atoms with Gasteiger partial charge >= 0.3 is 0 Å². The Labute approximate surface area is 158 Å². The summed E-state index contributed by atoms with van der Waals surface area (Å²) in [5, 5.41) is 12.9. The zero-order valence-electron chi connectivity index (χ0n) is 15.8. The number of aliphatic hydroxyl groups excluding tert-OH is 1. The highest BCUT2D eigenvalue weighted by atomic mass is 35.5. The Balaban J connectivity index is 0.00000312. The Morgan fingerprint density at radius 2 is 1.80 bits per heavy atom. The van der Waals surface area contributed by atoms with E-state index in [-0.39, 0.29) is 18.4 Å². The van der Waals surface area contributed by atoms with Crippen molar-refractivity contribution in [3.05, 3.63) is 23.8 Å². The van der Waals surface area contributed by atoms with E-state index in [2.05, 4.69) is 12.2 Å². The number of ether oxygens (including phenoxy) is 2. The predicted octanol–water partition coefficient (Wildman–Crippen LogP) is 0.0536. The molecule has 2 atom stereocenters. The molecule has 25 heavy (non-hydrogen) atoms. The zero-order valence-corrected chi connectivity index (χ0v) is 16.6. The topological polar surface area (TPSA) is 55.3 Å². The minimum absolute atomic E-state index is 0. The molecule has 1 aliphatic carbocycles. The molecule has 0 saturated heterocycles. The highest BCUT2D eigenvalue weighted by Gasteiger charge is 2.21. The van der Waals surface area contributed by atoms with Gasteiger partial charge in [-0.25, -0.2) is 0 Å². The zero-order chi connectivity index (χ0) is 17.4. The van der Waals surface area contributed by atoms with Crippen LogP contribution in [0.5, 0.6) is 11.5 Å². The molecule has 1 saturated carbocycles. The Hall–Kier alpha value is -0.970. The molecule has 1 fully saturated rings. The van der Waals surface area contributed by atoms with Crippen LogP contribution in [-0.2, 0) is 0 Å². The molecule has 3 N–H and O–H groups in total. The van der Waals surface area contributed by atoms with Crippen molar-refractivity contribution in [2.45, 2.75) is 64.0 Å². The van der Waals surface area contributed by atoms with Gasteiger partial charge in [0.15, 0.2) is 11.5 Å². The van der Waals surface area contributed by atoms with Crippen molar-refractivity contribution in [3.8, 4) is 11.5 Å². The van der Waals surface area contributed by atoms with Gasteiger partial charge in [-0.15, -0.1) is 0 Å². The number of aliphatic hydroxyl groups is 1. The maximum Gasteiger partial charge on any atom is 0.161 e. The van der Waals surface area contributed by atoms with Gasteiger partial charge in [-0.3, -0.25) is 0 Å². The molecule has 1 aromatic carbocycles. The summed E-state index contributed by atoms with van der Waals surface area (Å²) in [6.45, 7) is 3.17. The molecule has 0 radical (unpaired) electrons. The average Bonchev–Trinajstić information content (AvgIpc) is 2.64. The third-order valence-electron chi connectivity index (χ3n) is 5.33. The summed E-state index contributed by atoms with van der Waals surface area (Å²) in [6.07, 6.45) is 9.19. The van der Waals surface area contributed by atoms with E-state index in [0.717, 1.165) is 18.0 Å². The van der Waals surface area contributed by atoms with Crippen LogP contribution < -0.4 is 27.2 Å². The molecule has 0 aliphatic heterocycles. The molecule has 5 heteroatoms. The summed E-state index contributed by atoms with van der Waals surface area (Å²) in [5.74, 6) is 2.30. The highest BCUT2D eigenvalue weighted by Crippen LogP contribution is 2.30. The smallest absolute Gasteiger partial charge is 0.161 e. The van der Waals surface area contributed by atoms with Gasteiger partial charge in [-0.05, 0) is 43.4 Å². The Bertz CT molecular complexity index is 492.